The van der Waals surface area contributed by atoms with Crippen LogP contribution in [0.15, 0.2) is 0 Å². The third kappa shape index (κ3) is 4.11. The topological polar surface area (TPSA) is 90.9 Å². The van der Waals surface area contributed by atoms with Crippen molar-refractivity contribution in [2.45, 2.75) is 44.8 Å². The number of methoxy groups -OCH3 is 1. The average molecular weight is 273 g/mol. The highest BCUT2D eigenvalue weighted by Crippen LogP contribution is 2.22. The van der Waals surface area contributed by atoms with Crippen LogP contribution in [0.4, 0.5) is 4.79 Å². The van der Waals surface area contributed by atoms with Gasteiger partial charge in [0.05, 0.1) is 7.11 Å². The summed E-state index contributed by atoms with van der Waals surface area (Å²) in [6.45, 7) is 4.87. The molecule has 0 unspecified atom stereocenters. The summed E-state index contributed by atoms with van der Waals surface area (Å²) < 4.78 is 14.6. The molecule has 1 heterocycles. The molecule has 0 saturated carbocycles. The van der Waals surface area contributed by atoms with Crippen LogP contribution in [0.2, 0.25) is 0 Å². The van der Waals surface area contributed by atoms with Crippen LogP contribution in [0.5, 0.6) is 0 Å². The molecule has 1 atom stereocenters. The van der Waals surface area contributed by atoms with Crippen molar-refractivity contribution in [3.63, 3.8) is 0 Å². The normalized spacial score (nSPS) is 23.3. The zero-order chi connectivity index (χ0) is 14.7. The molecule has 1 saturated heterocycles. The molecule has 0 aromatic heterocycles. The predicted molar refractivity (Wildman–Crippen MR) is 64.3 cm³/mol. The van der Waals surface area contributed by atoms with Crippen molar-refractivity contribution < 1.29 is 28.6 Å². The Labute approximate surface area is 111 Å². The van der Waals surface area contributed by atoms with Gasteiger partial charge in [0.25, 0.3) is 0 Å². The van der Waals surface area contributed by atoms with E-state index in [1.165, 1.54) is 7.11 Å². The van der Waals surface area contributed by atoms with Gasteiger partial charge in [-0.05, 0) is 27.2 Å². The average Bonchev–Trinajstić information content (AvgIpc) is 2.29. The third-order valence-electron chi connectivity index (χ3n) is 2.55. The molecule has 1 aliphatic rings. The molecular formula is C12H19NO6. The fraction of sp³-hybridized carbons (Fsp3) is 0.750. The largest absolute Gasteiger partial charge is 0.467 e. The van der Waals surface area contributed by atoms with E-state index in [0.717, 1.165) is 0 Å². The summed E-state index contributed by atoms with van der Waals surface area (Å²) in [5, 5.41) is 2.45. The first-order valence-corrected chi connectivity index (χ1v) is 5.94. The van der Waals surface area contributed by atoms with Crippen LogP contribution >= 0.6 is 0 Å². The Bertz CT molecular complexity index is 374. The Kier molecular flexibility index (Phi) is 4.39. The van der Waals surface area contributed by atoms with Gasteiger partial charge in [0, 0.05) is 6.42 Å². The number of cyclic esters (lactones) is 1. The van der Waals surface area contributed by atoms with E-state index in [0.29, 0.717) is 0 Å². The van der Waals surface area contributed by atoms with Crippen molar-refractivity contribution in [3.8, 4) is 0 Å². The standard InChI is InChI=1S/C12H19NO6/c1-11(2,3)19-10(16)13-12(9(15)17-4)6-5-8(14)18-7-12/h5-7H2,1-4H3,(H,13,16)/t12-/m1/s1. The van der Waals surface area contributed by atoms with Crippen molar-refractivity contribution in [2.75, 3.05) is 13.7 Å². The molecule has 7 nitrogen and oxygen atoms in total. The lowest BCUT2D eigenvalue weighted by Gasteiger charge is -2.34. The fourth-order valence-corrected chi connectivity index (χ4v) is 1.67. The highest BCUT2D eigenvalue weighted by Gasteiger charge is 2.46. The lowest BCUT2D eigenvalue weighted by atomic mass is 9.92. The van der Waals surface area contributed by atoms with Crippen LogP contribution in [0.1, 0.15) is 33.6 Å². The number of nitrogens with one attached hydrogen (secondary N) is 1. The quantitative estimate of drug-likeness (QED) is 0.590. The first-order chi connectivity index (χ1) is 8.68. The third-order valence-corrected chi connectivity index (χ3v) is 2.55. The summed E-state index contributed by atoms with van der Waals surface area (Å²) in [6.07, 6.45) is -0.598. The zero-order valence-electron chi connectivity index (χ0n) is 11.6. The number of hydrogen-bond acceptors (Lipinski definition) is 6. The molecule has 0 aliphatic carbocycles. The van der Waals surface area contributed by atoms with Gasteiger partial charge in [-0.2, -0.15) is 0 Å². The monoisotopic (exact) mass is 273 g/mol. The van der Waals surface area contributed by atoms with Gasteiger partial charge in [-0.25, -0.2) is 9.59 Å². The minimum Gasteiger partial charge on any atom is -0.467 e. The molecule has 0 aromatic rings. The van der Waals surface area contributed by atoms with Crippen molar-refractivity contribution in [1.29, 1.82) is 0 Å². The van der Waals surface area contributed by atoms with Crippen LogP contribution in [0, 0.1) is 0 Å². The SMILES string of the molecule is COC(=O)[C@@]1(NC(=O)OC(C)(C)C)CCC(=O)OC1. The molecule has 7 heteroatoms. The predicted octanol–water partition coefficient (Wildman–Crippen LogP) is 0.760. The summed E-state index contributed by atoms with van der Waals surface area (Å²) in [4.78, 5) is 34.6. The molecule has 0 bridgehead atoms. The fourth-order valence-electron chi connectivity index (χ4n) is 1.67. The van der Waals surface area contributed by atoms with Crippen molar-refractivity contribution in [2.24, 2.45) is 0 Å². The number of ether oxygens (including phenoxy) is 3. The molecule has 0 aromatic carbocycles. The Morgan fingerprint density at radius 3 is 2.42 bits per heavy atom. The van der Waals surface area contributed by atoms with E-state index < -0.39 is 29.2 Å². The number of hydrogen-bond donors (Lipinski definition) is 1. The second-order valence-electron chi connectivity index (χ2n) is 5.36. The summed E-state index contributed by atoms with van der Waals surface area (Å²) in [5.41, 5.74) is -2.06. The maximum Gasteiger partial charge on any atom is 0.408 e. The van der Waals surface area contributed by atoms with Crippen LogP contribution in [0.3, 0.4) is 0 Å². The smallest absolute Gasteiger partial charge is 0.408 e. The first kappa shape index (κ1) is 15.3. The van der Waals surface area contributed by atoms with E-state index in [1.54, 1.807) is 20.8 Å². The van der Waals surface area contributed by atoms with Crippen LogP contribution in [0.25, 0.3) is 0 Å². The van der Waals surface area contributed by atoms with E-state index >= 15 is 0 Å². The van der Waals surface area contributed by atoms with Crippen molar-refractivity contribution in [1.82, 2.24) is 5.32 Å². The molecule has 1 aliphatic heterocycles. The molecule has 1 amide bonds. The Balaban J connectivity index is 2.79. The summed E-state index contributed by atoms with van der Waals surface area (Å²) in [5.74, 6) is -1.07. The maximum absolute atomic E-state index is 11.8. The molecule has 0 radical (unpaired) electrons. The van der Waals surface area contributed by atoms with Gasteiger partial charge in [-0.3, -0.25) is 4.79 Å². The number of amides is 1. The maximum atomic E-state index is 11.8. The Morgan fingerprint density at radius 2 is 2.00 bits per heavy atom. The number of alkyl carbamates (subject to hydrolysis) is 1. The van der Waals surface area contributed by atoms with Gasteiger partial charge in [-0.15, -0.1) is 0 Å². The molecular weight excluding hydrogens is 254 g/mol. The van der Waals surface area contributed by atoms with Gasteiger partial charge >= 0.3 is 18.0 Å². The number of rotatable bonds is 2. The van der Waals surface area contributed by atoms with Crippen LogP contribution < -0.4 is 5.32 Å². The molecule has 108 valence electrons. The number of esters is 2. The highest BCUT2D eigenvalue weighted by atomic mass is 16.6. The number of carbonyl (C=O) groups is 3. The molecule has 1 rings (SSSR count). The minimum atomic E-state index is -1.37. The van der Waals surface area contributed by atoms with Crippen LogP contribution in [-0.2, 0) is 23.8 Å². The van der Waals surface area contributed by atoms with Gasteiger partial charge < -0.3 is 19.5 Å². The Hall–Kier alpha value is -1.79. The van der Waals surface area contributed by atoms with E-state index in [2.05, 4.69) is 10.1 Å². The molecule has 1 N–H and O–H groups in total. The Morgan fingerprint density at radius 1 is 1.37 bits per heavy atom. The lowest BCUT2D eigenvalue weighted by Crippen LogP contribution is -2.61. The summed E-state index contributed by atoms with van der Waals surface area (Å²) in [6, 6.07) is 0. The second-order valence-corrected chi connectivity index (χ2v) is 5.36. The zero-order valence-corrected chi connectivity index (χ0v) is 11.6. The van der Waals surface area contributed by atoms with E-state index in [9.17, 15) is 14.4 Å². The summed E-state index contributed by atoms with van der Waals surface area (Å²) in [7, 11) is 1.21. The molecule has 1 fully saturated rings. The van der Waals surface area contributed by atoms with E-state index in [4.69, 9.17) is 9.47 Å². The van der Waals surface area contributed by atoms with E-state index in [-0.39, 0.29) is 19.4 Å². The highest BCUT2D eigenvalue weighted by molar-refractivity contribution is 5.88. The minimum absolute atomic E-state index is 0.0326. The van der Waals surface area contributed by atoms with Gasteiger partial charge in [-0.1, -0.05) is 0 Å². The summed E-state index contributed by atoms with van der Waals surface area (Å²) >= 11 is 0. The first-order valence-electron chi connectivity index (χ1n) is 5.94. The van der Waals surface area contributed by atoms with Crippen molar-refractivity contribution >= 4 is 18.0 Å². The molecule has 0 spiro atoms. The second kappa shape index (κ2) is 5.46. The van der Waals surface area contributed by atoms with Gasteiger partial charge in [0.2, 0.25) is 0 Å². The van der Waals surface area contributed by atoms with Gasteiger partial charge in [0.1, 0.15) is 12.2 Å². The van der Waals surface area contributed by atoms with E-state index in [1.807, 2.05) is 0 Å². The van der Waals surface area contributed by atoms with Crippen molar-refractivity contribution in [3.05, 3.63) is 0 Å². The molecule has 19 heavy (non-hydrogen) atoms. The lowest BCUT2D eigenvalue weighted by molar-refractivity contribution is -0.163. The van der Waals surface area contributed by atoms with Crippen LogP contribution in [-0.4, -0.2) is 42.9 Å². The number of carbonyl (C=O) groups excluding carboxylic acids is 3. The van der Waals surface area contributed by atoms with Gasteiger partial charge in [0.15, 0.2) is 5.54 Å².